The second-order valence-corrected chi connectivity index (χ2v) is 8.25. The Morgan fingerprint density at radius 1 is 0.806 bits per heavy atom. The second kappa shape index (κ2) is 12.3. The molecule has 0 heterocycles. The number of hydrogen-bond donors (Lipinski definition) is 1. The van der Waals surface area contributed by atoms with Gasteiger partial charge < -0.3 is 19.5 Å². The fourth-order valence-electron chi connectivity index (χ4n) is 3.57. The number of nitrogens with one attached hydrogen (secondary N) is 1. The zero-order valence-corrected chi connectivity index (χ0v) is 20.4. The van der Waals surface area contributed by atoms with Gasteiger partial charge in [-0.2, -0.15) is 0 Å². The first-order valence-corrected chi connectivity index (χ1v) is 11.7. The highest BCUT2D eigenvalue weighted by molar-refractivity contribution is 6.02. The summed E-state index contributed by atoms with van der Waals surface area (Å²) in [6.07, 6.45) is 3.22. The zero-order chi connectivity index (χ0) is 25.2. The summed E-state index contributed by atoms with van der Waals surface area (Å²) in [7, 11) is 1.60. The molecule has 0 aromatic heterocycles. The van der Waals surface area contributed by atoms with Crippen molar-refractivity contribution in [2.75, 3.05) is 12.4 Å². The molecule has 5 heteroatoms. The van der Waals surface area contributed by atoms with Crippen LogP contribution in [0.2, 0.25) is 0 Å². The van der Waals surface area contributed by atoms with Crippen LogP contribution in [0.1, 0.15) is 22.3 Å². The molecule has 4 aromatic rings. The van der Waals surface area contributed by atoms with Crippen LogP contribution in [0.25, 0.3) is 6.08 Å². The number of ether oxygens (including phenoxy) is 3. The maximum Gasteiger partial charge on any atom is 0.248 e. The molecule has 4 aromatic carbocycles. The molecule has 0 spiro atoms. The molecule has 0 aliphatic heterocycles. The van der Waals surface area contributed by atoms with Crippen LogP contribution in [-0.2, 0) is 18.0 Å². The average molecular weight is 480 g/mol. The summed E-state index contributed by atoms with van der Waals surface area (Å²) in [5.41, 5.74) is 4.92. The lowest BCUT2D eigenvalue weighted by molar-refractivity contribution is -0.111. The van der Waals surface area contributed by atoms with E-state index < -0.39 is 0 Å². The zero-order valence-electron chi connectivity index (χ0n) is 20.4. The topological polar surface area (TPSA) is 56.8 Å². The quantitative estimate of drug-likeness (QED) is 0.254. The SMILES string of the molecule is COc1cc(C=CC(=O)Nc2ccc(OCc3ccccc3)cc2)ccc1OCc1ccccc1C. The molecule has 0 unspecified atom stereocenters. The predicted molar refractivity (Wildman–Crippen MR) is 143 cm³/mol. The lowest BCUT2D eigenvalue weighted by Crippen LogP contribution is -2.07. The summed E-state index contributed by atoms with van der Waals surface area (Å²) < 4.78 is 17.3. The van der Waals surface area contributed by atoms with Gasteiger partial charge in [-0.25, -0.2) is 0 Å². The van der Waals surface area contributed by atoms with Crippen molar-refractivity contribution in [3.8, 4) is 17.2 Å². The van der Waals surface area contributed by atoms with Gasteiger partial charge in [-0.1, -0.05) is 60.7 Å². The minimum Gasteiger partial charge on any atom is -0.493 e. The van der Waals surface area contributed by atoms with E-state index in [1.165, 1.54) is 11.6 Å². The van der Waals surface area contributed by atoms with E-state index in [9.17, 15) is 4.79 Å². The lowest BCUT2D eigenvalue weighted by Gasteiger charge is -2.12. The van der Waals surface area contributed by atoms with Crippen LogP contribution < -0.4 is 19.5 Å². The number of carbonyl (C=O) groups is 1. The average Bonchev–Trinajstić information content (AvgIpc) is 2.92. The number of aryl methyl sites for hydroxylation is 1. The molecular formula is C31H29NO4. The largest absolute Gasteiger partial charge is 0.493 e. The third kappa shape index (κ3) is 7.00. The number of anilines is 1. The molecule has 1 N–H and O–H groups in total. The molecule has 182 valence electrons. The van der Waals surface area contributed by atoms with Crippen LogP contribution in [0.4, 0.5) is 5.69 Å². The van der Waals surface area contributed by atoms with Gasteiger partial charge in [0.05, 0.1) is 7.11 Å². The van der Waals surface area contributed by atoms with Crippen LogP contribution >= 0.6 is 0 Å². The molecule has 0 bridgehead atoms. The Morgan fingerprint density at radius 2 is 1.56 bits per heavy atom. The highest BCUT2D eigenvalue weighted by atomic mass is 16.5. The lowest BCUT2D eigenvalue weighted by atomic mass is 10.1. The van der Waals surface area contributed by atoms with Gasteiger partial charge in [0.1, 0.15) is 19.0 Å². The number of benzene rings is 4. The Labute approximate surface area is 212 Å². The first-order chi connectivity index (χ1) is 17.6. The fraction of sp³-hybridized carbons (Fsp3) is 0.129. The highest BCUT2D eigenvalue weighted by Crippen LogP contribution is 2.29. The van der Waals surface area contributed by atoms with Gasteiger partial charge in [-0.3, -0.25) is 4.79 Å². The van der Waals surface area contributed by atoms with Crippen LogP contribution in [0.3, 0.4) is 0 Å². The van der Waals surface area contributed by atoms with Gasteiger partial charge in [-0.05, 0) is 71.7 Å². The summed E-state index contributed by atoms with van der Waals surface area (Å²) in [5, 5.41) is 2.86. The Balaban J connectivity index is 1.30. The van der Waals surface area contributed by atoms with Gasteiger partial charge in [0, 0.05) is 11.8 Å². The molecular weight excluding hydrogens is 450 g/mol. The van der Waals surface area contributed by atoms with E-state index in [-0.39, 0.29) is 5.91 Å². The number of hydrogen-bond acceptors (Lipinski definition) is 4. The predicted octanol–water partition coefficient (Wildman–Crippen LogP) is 6.81. The molecule has 0 saturated heterocycles. The minimum atomic E-state index is -0.230. The van der Waals surface area contributed by atoms with E-state index in [0.29, 0.717) is 30.4 Å². The highest BCUT2D eigenvalue weighted by Gasteiger charge is 2.07. The Kier molecular flexibility index (Phi) is 8.39. The van der Waals surface area contributed by atoms with Crippen molar-refractivity contribution in [1.29, 1.82) is 0 Å². The Bertz CT molecular complexity index is 1310. The van der Waals surface area contributed by atoms with Crippen LogP contribution in [-0.4, -0.2) is 13.0 Å². The molecule has 36 heavy (non-hydrogen) atoms. The van der Waals surface area contributed by atoms with Crippen molar-refractivity contribution >= 4 is 17.7 Å². The van der Waals surface area contributed by atoms with Gasteiger partial charge in [0.2, 0.25) is 5.91 Å². The smallest absolute Gasteiger partial charge is 0.248 e. The monoisotopic (exact) mass is 479 g/mol. The van der Waals surface area contributed by atoms with Gasteiger partial charge in [-0.15, -0.1) is 0 Å². The maximum absolute atomic E-state index is 12.4. The van der Waals surface area contributed by atoms with E-state index in [1.807, 2.05) is 91.0 Å². The van der Waals surface area contributed by atoms with Crippen LogP contribution in [0.15, 0.2) is 103 Å². The number of rotatable bonds is 10. The molecule has 0 radical (unpaired) electrons. The van der Waals surface area contributed by atoms with E-state index in [2.05, 4.69) is 18.3 Å². The molecule has 0 saturated carbocycles. The second-order valence-electron chi connectivity index (χ2n) is 8.25. The molecule has 0 aliphatic carbocycles. The van der Waals surface area contributed by atoms with E-state index in [0.717, 1.165) is 22.4 Å². The fourth-order valence-corrected chi connectivity index (χ4v) is 3.57. The van der Waals surface area contributed by atoms with Crippen molar-refractivity contribution in [2.45, 2.75) is 20.1 Å². The normalized spacial score (nSPS) is 10.7. The molecule has 4 rings (SSSR count). The Morgan fingerprint density at radius 3 is 2.31 bits per heavy atom. The third-order valence-corrected chi connectivity index (χ3v) is 5.63. The van der Waals surface area contributed by atoms with Crippen molar-refractivity contribution in [3.05, 3.63) is 125 Å². The standard InChI is InChI=1S/C31H29NO4/c1-23-8-6-7-11-26(23)22-36-29-18-12-24(20-30(29)34-2)13-19-31(33)32-27-14-16-28(17-15-27)35-21-25-9-4-3-5-10-25/h3-20H,21-22H2,1-2H3,(H,32,33). The summed E-state index contributed by atoms with van der Waals surface area (Å²) in [4.78, 5) is 12.4. The third-order valence-electron chi connectivity index (χ3n) is 5.63. The van der Waals surface area contributed by atoms with Gasteiger partial charge in [0.25, 0.3) is 0 Å². The van der Waals surface area contributed by atoms with E-state index >= 15 is 0 Å². The van der Waals surface area contributed by atoms with Gasteiger partial charge >= 0.3 is 0 Å². The number of amides is 1. The first-order valence-electron chi connectivity index (χ1n) is 11.7. The van der Waals surface area contributed by atoms with Crippen molar-refractivity contribution in [1.82, 2.24) is 0 Å². The minimum absolute atomic E-state index is 0.230. The summed E-state index contributed by atoms with van der Waals surface area (Å²) in [6, 6.07) is 31.0. The van der Waals surface area contributed by atoms with Crippen molar-refractivity contribution in [2.24, 2.45) is 0 Å². The number of carbonyl (C=O) groups excluding carboxylic acids is 1. The van der Waals surface area contributed by atoms with E-state index in [4.69, 9.17) is 14.2 Å². The molecule has 5 nitrogen and oxygen atoms in total. The van der Waals surface area contributed by atoms with E-state index in [1.54, 1.807) is 13.2 Å². The van der Waals surface area contributed by atoms with Crippen molar-refractivity contribution in [3.63, 3.8) is 0 Å². The molecule has 0 atom stereocenters. The Hall–Kier alpha value is -4.51. The molecule has 1 amide bonds. The maximum atomic E-state index is 12.4. The van der Waals surface area contributed by atoms with Crippen molar-refractivity contribution < 1.29 is 19.0 Å². The summed E-state index contributed by atoms with van der Waals surface area (Å²) in [6.45, 7) is 3.01. The van der Waals surface area contributed by atoms with Crippen LogP contribution in [0.5, 0.6) is 17.2 Å². The first kappa shape index (κ1) is 24.6. The van der Waals surface area contributed by atoms with Crippen LogP contribution in [0, 0.1) is 6.92 Å². The van der Waals surface area contributed by atoms with Gasteiger partial charge in [0.15, 0.2) is 11.5 Å². The summed E-state index contributed by atoms with van der Waals surface area (Å²) in [5.74, 6) is 1.77. The number of methoxy groups -OCH3 is 1. The molecule has 0 aliphatic rings. The molecule has 0 fully saturated rings. The summed E-state index contributed by atoms with van der Waals surface area (Å²) >= 11 is 0.